The number of carboxylic acids is 1. The summed E-state index contributed by atoms with van der Waals surface area (Å²) in [6.45, 7) is 0.459. The van der Waals surface area contributed by atoms with Gasteiger partial charge in [0.1, 0.15) is 5.76 Å². The topological polar surface area (TPSA) is 152 Å². The van der Waals surface area contributed by atoms with Crippen molar-refractivity contribution in [3.63, 3.8) is 0 Å². The van der Waals surface area contributed by atoms with Gasteiger partial charge in [-0.25, -0.2) is 18.7 Å². The van der Waals surface area contributed by atoms with Crippen LogP contribution in [-0.2, 0) is 24.2 Å². The molecule has 32 heavy (non-hydrogen) atoms. The van der Waals surface area contributed by atoms with Crippen molar-refractivity contribution < 1.29 is 42.5 Å². The van der Waals surface area contributed by atoms with Crippen LogP contribution in [0.2, 0.25) is 0 Å². The summed E-state index contributed by atoms with van der Waals surface area (Å²) in [5.74, 6) is -1.25. The molecular weight excluding hydrogens is 444 g/mol. The smallest absolute Gasteiger partial charge is 0.336 e. The van der Waals surface area contributed by atoms with Gasteiger partial charge in [-0.1, -0.05) is 12.1 Å². The number of sulfonamides is 1. The summed E-state index contributed by atoms with van der Waals surface area (Å²) in [6.07, 6.45) is 4.71. The van der Waals surface area contributed by atoms with Crippen LogP contribution < -0.4 is 5.48 Å². The van der Waals surface area contributed by atoms with Gasteiger partial charge in [0, 0.05) is 19.5 Å². The summed E-state index contributed by atoms with van der Waals surface area (Å²) in [7, 11) is -4.19. The van der Waals surface area contributed by atoms with Gasteiger partial charge in [0.05, 0.1) is 28.2 Å². The number of aromatic carboxylic acids is 1. The number of hydrogen-bond donors (Lipinski definition) is 3. The lowest BCUT2D eigenvalue weighted by atomic mass is 10.1. The number of nitrogens with one attached hydrogen (secondary N) is 1. The van der Waals surface area contributed by atoms with Gasteiger partial charge in [-0.3, -0.25) is 10.0 Å². The second-order valence-corrected chi connectivity index (χ2v) is 9.37. The standard InChI is InChI=1S/C20H22N2O9S/c23-19(21-26)18-14(20(24)25)2-1-3-17(18)32(27,28)22-8-6-12(7-9-22)31-13-4-5-15-16(10-13)30-11-29-15/h1-5,12-13,26H,6-11H2,(H,21,23)(H,24,25). The summed E-state index contributed by atoms with van der Waals surface area (Å²) in [6, 6.07) is 3.49. The van der Waals surface area contributed by atoms with Gasteiger partial charge in [-0.15, -0.1) is 0 Å². The van der Waals surface area contributed by atoms with Crippen molar-refractivity contribution in [2.75, 3.05) is 19.9 Å². The highest BCUT2D eigenvalue weighted by molar-refractivity contribution is 7.89. The predicted octanol–water partition coefficient (Wildman–Crippen LogP) is 1.22. The molecule has 1 saturated heterocycles. The number of carbonyl (C=O) groups excluding carboxylic acids is 1. The molecule has 0 bridgehead atoms. The SMILES string of the molecule is O=C(O)c1cccc(S(=O)(=O)N2CCC(OC3C=CC4=C(C3)OCO4)CC2)c1C(=O)NO. The molecule has 1 aromatic carbocycles. The summed E-state index contributed by atoms with van der Waals surface area (Å²) in [4.78, 5) is 23.1. The highest BCUT2D eigenvalue weighted by atomic mass is 32.2. The molecule has 0 aromatic heterocycles. The van der Waals surface area contributed by atoms with E-state index in [4.69, 9.17) is 19.4 Å². The minimum Gasteiger partial charge on any atom is -0.478 e. The summed E-state index contributed by atoms with van der Waals surface area (Å²) < 4.78 is 44.4. The molecule has 1 atom stereocenters. The molecule has 2 heterocycles. The number of nitrogens with zero attached hydrogens (tertiary/aromatic N) is 1. The van der Waals surface area contributed by atoms with Gasteiger partial charge in [0.2, 0.25) is 16.8 Å². The molecule has 1 aliphatic carbocycles. The van der Waals surface area contributed by atoms with Crippen LogP contribution in [0.1, 0.15) is 40.0 Å². The molecule has 1 aromatic rings. The van der Waals surface area contributed by atoms with Crippen LogP contribution in [0.5, 0.6) is 0 Å². The van der Waals surface area contributed by atoms with E-state index in [1.54, 1.807) is 6.08 Å². The molecule has 0 spiro atoms. The van der Waals surface area contributed by atoms with E-state index in [1.165, 1.54) is 15.9 Å². The molecule has 0 saturated carbocycles. The van der Waals surface area contributed by atoms with E-state index in [2.05, 4.69) is 0 Å². The number of amides is 1. The monoisotopic (exact) mass is 466 g/mol. The number of allylic oxidation sites excluding steroid dienone is 1. The first-order chi connectivity index (χ1) is 15.3. The third-order valence-electron chi connectivity index (χ3n) is 5.54. The number of carbonyl (C=O) groups is 2. The molecule has 2 aliphatic heterocycles. The number of hydroxylamine groups is 1. The number of ether oxygens (including phenoxy) is 3. The molecule has 3 aliphatic rings. The second kappa shape index (κ2) is 8.90. The largest absolute Gasteiger partial charge is 0.478 e. The number of carboxylic acid groups (broad SMARTS) is 1. The second-order valence-electron chi connectivity index (χ2n) is 7.46. The Morgan fingerprint density at radius 2 is 1.94 bits per heavy atom. The van der Waals surface area contributed by atoms with E-state index in [0.717, 1.165) is 17.9 Å². The molecule has 11 nitrogen and oxygen atoms in total. The average Bonchev–Trinajstić information content (AvgIpc) is 3.26. The van der Waals surface area contributed by atoms with Crippen LogP contribution in [0.25, 0.3) is 0 Å². The molecule has 1 amide bonds. The van der Waals surface area contributed by atoms with Crippen LogP contribution in [-0.4, -0.2) is 67.0 Å². The van der Waals surface area contributed by atoms with E-state index in [0.29, 0.717) is 25.0 Å². The Morgan fingerprint density at radius 1 is 1.19 bits per heavy atom. The fourth-order valence-electron chi connectivity index (χ4n) is 3.96. The molecule has 1 unspecified atom stereocenters. The third kappa shape index (κ3) is 4.21. The molecular formula is C20H22N2O9S. The maximum atomic E-state index is 13.2. The highest BCUT2D eigenvalue weighted by Gasteiger charge is 2.35. The molecule has 172 valence electrons. The van der Waals surface area contributed by atoms with Crippen LogP contribution in [0.15, 0.2) is 46.8 Å². The molecule has 0 radical (unpaired) electrons. The zero-order valence-electron chi connectivity index (χ0n) is 16.9. The summed E-state index contributed by atoms with van der Waals surface area (Å²) in [5.41, 5.74) is 0.190. The Bertz CT molecular complexity index is 1090. The van der Waals surface area contributed by atoms with Crippen molar-refractivity contribution in [1.29, 1.82) is 0 Å². The Hall–Kier alpha value is -2.93. The van der Waals surface area contributed by atoms with Crippen LogP contribution >= 0.6 is 0 Å². The van der Waals surface area contributed by atoms with Crippen LogP contribution in [0.3, 0.4) is 0 Å². The lowest BCUT2D eigenvalue weighted by Gasteiger charge is -2.33. The van der Waals surface area contributed by atoms with Gasteiger partial charge in [0.25, 0.3) is 5.91 Å². The van der Waals surface area contributed by atoms with Gasteiger partial charge < -0.3 is 19.3 Å². The van der Waals surface area contributed by atoms with E-state index in [-0.39, 0.29) is 32.1 Å². The Kier molecular flexibility index (Phi) is 6.20. The van der Waals surface area contributed by atoms with Gasteiger partial charge >= 0.3 is 5.97 Å². The maximum absolute atomic E-state index is 13.2. The normalized spacial score (nSPS) is 21.6. The lowest BCUT2D eigenvalue weighted by molar-refractivity contribution is -0.0184. The average molecular weight is 466 g/mol. The van der Waals surface area contributed by atoms with Crippen molar-refractivity contribution in [1.82, 2.24) is 9.79 Å². The van der Waals surface area contributed by atoms with Gasteiger partial charge in [-0.05, 0) is 31.1 Å². The van der Waals surface area contributed by atoms with Crippen molar-refractivity contribution >= 4 is 21.9 Å². The summed E-state index contributed by atoms with van der Waals surface area (Å²) >= 11 is 0. The van der Waals surface area contributed by atoms with Crippen LogP contribution in [0, 0.1) is 0 Å². The first-order valence-electron chi connectivity index (χ1n) is 9.94. The zero-order valence-corrected chi connectivity index (χ0v) is 17.7. The minimum atomic E-state index is -4.19. The molecule has 12 heteroatoms. The molecule has 1 fully saturated rings. The van der Waals surface area contributed by atoms with Crippen molar-refractivity contribution in [3.8, 4) is 0 Å². The van der Waals surface area contributed by atoms with E-state index in [1.807, 2.05) is 6.08 Å². The van der Waals surface area contributed by atoms with Crippen LogP contribution in [0.4, 0.5) is 0 Å². The lowest BCUT2D eigenvalue weighted by Crippen LogP contribution is -2.42. The first kappa shape index (κ1) is 22.3. The number of rotatable bonds is 6. The quantitative estimate of drug-likeness (QED) is 0.415. The maximum Gasteiger partial charge on any atom is 0.336 e. The molecule has 4 rings (SSSR count). The predicted molar refractivity (Wildman–Crippen MR) is 107 cm³/mol. The summed E-state index contributed by atoms with van der Waals surface area (Å²) in [5, 5.41) is 18.3. The first-order valence-corrected chi connectivity index (χ1v) is 11.4. The van der Waals surface area contributed by atoms with E-state index in [9.17, 15) is 23.1 Å². The highest BCUT2D eigenvalue weighted by Crippen LogP contribution is 2.31. The number of benzene rings is 1. The van der Waals surface area contributed by atoms with Gasteiger partial charge in [-0.2, -0.15) is 4.31 Å². The van der Waals surface area contributed by atoms with Crippen molar-refractivity contribution in [2.45, 2.75) is 36.4 Å². The zero-order chi connectivity index (χ0) is 22.9. The fourth-order valence-corrected chi connectivity index (χ4v) is 5.65. The number of piperidine rings is 1. The molecule has 3 N–H and O–H groups in total. The van der Waals surface area contributed by atoms with E-state index < -0.39 is 37.9 Å². The Morgan fingerprint density at radius 3 is 2.62 bits per heavy atom. The van der Waals surface area contributed by atoms with Crippen molar-refractivity contribution in [3.05, 3.63) is 53.0 Å². The van der Waals surface area contributed by atoms with Gasteiger partial charge in [0.15, 0.2) is 5.76 Å². The van der Waals surface area contributed by atoms with E-state index >= 15 is 0 Å². The number of hydrogen-bond acceptors (Lipinski definition) is 8. The fraction of sp³-hybridized carbons (Fsp3) is 0.400. The van der Waals surface area contributed by atoms with Crippen molar-refractivity contribution in [2.24, 2.45) is 0 Å². The Labute approximate surface area is 183 Å². The Balaban J connectivity index is 1.46. The minimum absolute atomic E-state index is 0.133. The third-order valence-corrected chi connectivity index (χ3v) is 7.48.